The summed E-state index contributed by atoms with van der Waals surface area (Å²) in [6.07, 6.45) is 1.55. The van der Waals surface area contributed by atoms with Gasteiger partial charge in [0.25, 0.3) is 0 Å². The molecule has 2 aromatic carbocycles. The van der Waals surface area contributed by atoms with E-state index >= 15 is 0 Å². The molecule has 0 N–H and O–H groups in total. The summed E-state index contributed by atoms with van der Waals surface area (Å²) in [7, 11) is -3.37. The summed E-state index contributed by atoms with van der Waals surface area (Å²) in [5, 5.41) is 1.18. The molecule has 0 fully saturated rings. The molecule has 104 valence electrons. The number of sulfone groups is 1. The van der Waals surface area contributed by atoms with Crippen LogP contribution in [-0.4, -0.2) is 8.42 Å². The third kappa shape index (κ3) is 4.58. The van der Waals surface area contributed by atoms with Gasteiger partial charge in [0.15, 0.2) is 9.84 Å². The molecule has 0 aliphatic heterocycles. The van der Waals surface area contributed by atoms with Crippen LogP contribution >= 0.6 is 15.9 Å². The van der Waals surface area contributed by atoms with E-state index in [0.29, 0.717) is 5.56 Å². The quantitative estimate of drug-likeness (QED) is 0.825. The van der Waals surface area contributed by atoms with Crippen molar-refractivity contribution in [3.05, 3.63) is 75.4 Å². The van der Waals surface area contributed by atoms with Crippen LogP contribution in [0.15, 0.2) is 58.4 Å². The smallest absolute Gasteiger partial charge is 0.175 e. The van der Waals surface area contributed by atoms with Crippen LogP contribution in [0.1, 0.15) is 11.1 Å². The van der Waals surface area contributed by atoms with E-state index in [4.69, 9.17) is 0 Å². The third-order valence-corrected chi connectivity index (χ3v) is 4.43. The van der Waals surface area contributed by atoms with Crippen molar-refractivity contribution in [2.45, 2.75) is 5.75 Å². The predicted molar refractivity (Wildman–Crippen MR) is 82.2 cm³/mol. The van der Waals surface area contributed by atoms with E-state index in [1.54, 1.807) is 6.08 Å². The normalized spacial score (nSPS) is 11.9. The average Bonchev–Trinajstić information content (AvgIpc) is 2.41. The molecule has 0 aliphatic carbocycles. The van der Waals surface area contributed by atoms with Crippen LogP contribution in [0.3, 0.4) is 0 Å². The molecule has 0 aromatic heterocycles. The lowest BCUT2D eigenvalue weighted by Gasteiger charge is -2.00. The van der Waals surface area contributed by atoms with E-state index in [2.05, 4.69) is 15.9 Å². The Morgan fingerprint density at radius 2 is 1.60 bits per heavy atom. The minimum Gasteiger partial charge on any atom is -0.224 e. The SMILES string of the molecule is O=S(=O)(/C=C/c1ccc(Br)cc1)Cc1ccc(F)cc1. The number of benzene rings is 2. The number of hydrogen-bond acceptors (Lipinski definition) is 2. The highest BCUT2D eigenvalue weighted by Crippen LogP contribution is 2.14. The molecule has 0 bridgehead atoms. The zero-order chi connectivity index (χ0) is 14.6. The molecule has 5 heteroatoms. The minimum absolute atomic E-state index is 0.139. The number of halogens is 2. The molecule has 20 heavy (non-hydrogen) atoms. The van der Waals surface area contributed by atoms with Gasteiger partial charge in [0, 0.05) is 9.88 Å². The Balaban J connectivity index is 2.11. The van der Waals surface area contributed by atoms with Gasteiger partial charge in [-0.2, -0.15) is 0 Å². The van der Waals surface area contributed by atoms with Crippen LogP contribution in [-0.2, 0) is 15.6 Å². The summed E-state index contributed by atoms with van der Waals surface area (Å²) >= 11 is 3.31. The van der Waals surface area contributed by atoms with Gasteiger partial charge in [0.05, 0.1) is 5.75 Å². The highest BCUT2D eigenvalue weighted by atomic mass is 79.9. The topological polar surface area (TPSA) is 34.1 Å². The lowest BCUT2D eigenvalue weighted by molar-refractivity contribution is 0.603. The summed E-state index contributed by atoms with van der Waals surface area (Å²) in [5.74, 6) is -0.517. The highest BCUT2D eigenvalue weighted by Gasteiger charge is 2.07. The van der Waals surface area contributed by atoms with Crippen LogP contribution in [0.2, 0.25) is 0 Å². The van der Waals surface area contributed by atoms with Crippen LogP contribution in [0.5, 0.6) is 0 Å². The number of hydrogen-bond donors (Lipinski definition) is 0. The van der Waals surface area contributed by atoms with Crippen molar-refractivity contribution in [2.75, 3.05) is 0 Å². The second-order valence-electron chi connectivity index (χ2n) is 4.29. The lowest BCUT2D eigenvalue weighted by Crippen LogP contribution is -1.99. The summed E-state index contributed by atoms with van der Waals surface area (Å²) in [4.78, 5) is 0. The van der Waals surface area contributed by atoms with Gasteiger partial charge in [-0.05, 0) is 41.5 Å². The van der Waals surface area contributed by atoms with Gasteiger partial charge in [0.2, 0.25) is 0 Å². The highest BCUT2D eigenvalue weighted by molar-refractivity contribution is 9.10. The molecule has 2 aromatic rings. The van der Waals surface area contributed by atoms with E-state index in [1.165, 1.54) is 29.7 Å². The van der Waals surface area contributed by atoms with Crippen molar-refractivity contribution in [3.63, 3.8) is 0 Å². The van der Waals surface area contributed by atoms with Crippen LogP contribution in [0.4, 0.5) is 4.39 Å². The summed E-state index contributed by atoms with van der Waals surface area (Å²) < 4.78 is 37.6. The first kappa shape index (κ1) is 14.9. The molecule has 0 aliphatic rings. The van der Waals surface area contributed by atoms with Crippen LogP contribution in [0.25, 0.3) is 6.08 Å². The molecule has 0 saturated heterocycles. The Morgan fingerprint density at radius 1 is 1.00 bits per heavy atom. The second-order valence-corrected chi connectivity index (χ2v) is 7.09. The lowest BCUT2D eigenvalue weighted by atomic mass is 10.2. The zero-order valence-electron chi connectivity index (χ0n) is 10.5. The van der Waals surface area contributed by atoms with Gasteiger partial charge in [-0.25, -0.2) is 12.8 Å². The molecule has 0 radical (unpaired) electrons. The van der Waals surface area contributed by atoms with Crippen molar-refractivity contribution in [1.82, 2.24) is 0 Å². The fraction of sp³-hybridized carbons (Fsp3) is 0.0667. The molecule has 0 spiro atoms. The molecule has 0 atom stereocenters. The van der Waals surface area contributed by atoms with E-state index in [-0.39, 0.29) is 11.6 Å². The van der Waals surface area contributed by atoms with Crippen molar-refractivity contribution in [2.24, 2.45) is 0 Å². The fourth-order valence-corrected chi connectivity index (χ4v) is 3.00. The van der Waals surface area contributed by atoms with Crippen molar-refractivity contribution in [3.8, 4) is 0 Å². The second kappa shape index (κ2) is 6.33. The summed E-state index contributed by atoms with van der Waals surface area (Å²) in [6.45, 7) is 0. The van der Waals surface area contributed by atoms with Crippen LogP contribution in [0, 0.1) is 5.82 Å². The molecule has 2 nitrogen and oxygen atoms in total. The van der Waals surface area contributed by atoms with Crippen LogP contribution < -0.4 is 0 Å². The molecular weight excluding hydrogens is 343 g/mol. The molecule has 0 amide bonds. The minimum atomic E-state index is -3.37. The van der Waals surface area contributed by atoms with Gasteiger partial charge in [-0.1, -0.05) is 40.2 Å². The van der Waals surface area contributed by atoms with Gasteiger partial charge < -0.3 is 0 Å². The molecule has 0 saturated carbocycles. The third-order valence-electron chi connectivity index (χ3n) is 2.62. The fourth-order valence-electron chi connectivity index (χ4n) is 1.62. The molecule has 0 unspecified atom stereocenters. The maximum atomic E-state index is 12.8. The zero-order valence-corrected chi connectivity index (χ0v) is 12.9. The van der Waals surface area contributed by atoms with Gasteiger partial charge in [0.1, 0.15) is 5.82 Å². The van der Waals surface area contributed by atoms with Crippen molar-refractivity contribution in [1.29, 1.82) is 0 Å². The maximum Gasteiger partial charge on any atom is 0.175 e. The first-order chi connectivity index (χ1) is 9.44. The maximum absolute atomic E-state index is 12.8. The Hall–Kier alpha value is -1.46. The Labute approximate surface area is 126 Å². The first-order valence-electron chi connectivity index (χ1n) is 5.85. The molecule has 2 rings (SSSR count). The van der Waals surface area contributed by atoms with E-state index < -0.39 is 9.84 Å². The van der Waals surface area contributed by atoms with E-state index in [0.717, 1.165) is 10.0 Å². The van der Waals surface area contributed by atoms with Gasteiger partial charge >= 0.3 is 0 Å². The van der Waals surface area contributed by atoms with E-state index in [1.807, 2.05) is 24.3 Å². The Kier molecular flexibility index (Phi) is 4.73. The predicted octanol–water partition coefficient (Wildman–Crippen LogP) is 4.17. The standard InChI is InChI=1S/C15H12BrFO2S/c16-14-5-1-12(2-6-14)9-10-20(18,19)11-13-3-7-15(17)8-4-13/h1-10H,11H2/b10-9+. The van der Waals surface area contributed by atoms with Crippen molar-refractivity contribution >= 4 is 31.8 Å². The Bertz CT molecular complexity index is 705. The molecule has 0 heterocycles. The van der Waals surface area contributed by atoms with Gasteiger partial charge in [-0.3, -0.25) is 0 Å². The first-order valence-corrected chi connectivity index (χ1v) is 8.36. The van der Waals surface area contributed by atoms with Crippen molar-refractivity contribution < 1.29 is 12.8 Å². The summed E-state index contributed by atoms with van der Waals surface area (Å²) in [6, 6.07) is 12.8. The monoisotopic (exact) mass is 354 g/mol. The Morgan fingerprint density at radius 3 is 2.20 bits per heavy atom. The van der Waals surface area contributed by atoms with Gasteiger partial charge in [-0.15, -0.1) is 0 Å². The molecular formula is C15H12BrFO2S. The number of rotatable bonds is 4. The average molecular weight is 355 g/mol. The largest absolute Gasteiger partial charge is 0.224 e. The van der Waals surface area contributed by atoms with E-state index in [9.17, 15) is 12.8 Å². The summed E-state index contributed by atoms with van der Waals surface area (Å²) in [5.41, 5.74) is 1.36.